The summed E-state index contributed by atoms with van der Waals surface area (Å²) in [6.45, 7) is 0.0832. The summed E-state index contributed by atoms with van der Waals surface area (Å²) in [5.41, 5.74) is 1.32. The summed E-state index contributed by atoms with van der Waals surface area (Å²) >= 11 is 12.0. The van der Waals surface area contributed by atoms with E-state index < -0.39 is 0 Å². The van der Waals surface area contributed by atoms with Gasteiger partial charge in [0.1, 0.15) is 5.58 Å². The second-order valence-corrected chi connectivity index (χ2v) is 5.31. The largest absolute Gasteiger partial charge is 0.453 e. The minimum absolute atomic E-state index is 0.0832. The maximum absolute atomic E-state index is 12.2. The van der Waals surface area contributed by atoms with Crippen LogP contribution >= 0.6 is 23.2 Å². The summed E-state index contributed by atoms with van der Waals surface area (Å²) in [7, 11) is 0. The number of anilines is 1. The minimum Gasteiger partial charge on any atom is -0.453 e. The molecule has 0 bridgehead atoms. The van der Waals surface area contributed by atoms with Crippen molar-refractivity contribution in [2.24, 2.45) is 0 Å². The molecule has 0 saturated heterocycles. The molecule has 3 aromatic rings. The van der Waals surface area contributed by atoms with Gasteiger partial charge >= 0.3 is 0 Å². The number of rotatable bonds is 4. The lowest BCUT2D eigenvalue weighted by atomic mass is 10.2. The summed E-state index contributed by atoms with van der Waals surface area (Å²) in [6, 6.07) is 14.4. The smallest absolute Gasteiger partial charge is 0.216 e. The molecule has 0 aliphatic carbocycles. The molecule has 0 atom stereocenters. The number of Topliss-reactive ketones (excluding diaryl/α,β-unsaturated/α-hetero) is 1. The van der Waals surface area contributed by atoms with Crippen molar-refractivity contribution in [1.82, 2.24) is 0 Å². The zero-order valence-electron chi connectivity index (χ0n) is 10.9. The molecule has 0 aliphatic rings. The molecule has 3 rings (SSSR count). The van der Waals surface area contributed by atoms with E-state index >= 15 is 0 Å². The summed E-state index contributed by atoms with van der Waals surface area (Å²) in [5.74, 6) is 0.170. The highest BCUT2D eigenvalue weighted by atomic mass is 35.5. The van der Waals surface area contributed by atoms with E-state index in [1.54, 1.807) is 24.3 Å². The van der Waals surface area contributed by atoms with E-state index in [2.05, 4.69) is 5.32 Å². The van der Waals surface area contributed by atoms with E-state index in [-0.39, 0.29) is 12.3 Å². The molecular weight excluding hydrogens is 309 g/mol. The Kier molecular flexibility index (Phi) is 3.86. The first-order valence-corrected chi connectivity index (χ1v) is 7.10. The molecule has 0 spiro atoms. The van der Waals surface area contributed by atoms with E-state index in [0.29, 0.717) is 27.1 Å². The molecule has 1 heterocycles. The molecule has 106 valence electrons. The highest BCUT2D eigenvalue weighted by Crippen LogP contribution is 2.29. The number of carbonyl (C=O) groups excluding carboxylic acids is 1. The zero-order chi connectivity index (χ0) is 14.8. The van der Waals surface area contributed by atoms with Crippen molar-refractivity contribution in [3.63, 3.8) is 0 Å². The van der Waals surface area contributed by atoms with Crippen molar-refractivity contribution >= 4 is 45.6 Å². The molecule has 5 heteroatoms. The summed E-state index contributed by atoms with van der Waals surface area (Å²) < 4.78 is 5.52. The van der Waals surface area contributed by atoms with Crippen molar-refractivity contribution in [1.29, 1.82) is 0 Å². The van der Waals surface area contributed by atoms with Gasteiger partial charge in [-0.05, 0) is 24.3 Å². The number of hydrogen-bond donors (Lipinski definition) is 1. The van der Waals surface area contributed by atoms with Gasteiger partial charge in [-0.2, -0.15) is 0 Å². The van der Waals surface area contributed by atoms with Crippen LogP contribution in [0.5, 0.6) is 0 Å². The number of fused-ring (bicyclic) bond motifs is 1. The van der Waals surface area contributed by atoms with Crippen LogP contribution < -0.4 is 5.32 Å². The first-order chi connectivity index (χ1) is 10.1. The molecule has 0 radical (unpaired) electrons. The predicted octanol–water partition coefficient (Wildman–Crippen LogP) is 5.03. The number of nitrogens with one attached hydrogen (secondary N) is 1. The Labute approximate surface area is 131 Å². The summed E-state index contributed by atoms with van der Waals surface area (Å²) in [6.07, 6.45) is 0. The number of para-hydroxylation sites is 1. The Hall–Kier alpha value is -1.97. The van der Waals surface area contributed by atoms with Gasteiger partial charge in [0.15, 0.2) is 5.76 Å². The van der Waals surface area contributed by atoms with Gasteiger partial charge in [-0.3, -0.25) is 4.79 Å². The maximum atomic E-state index is 12.2. The highest BCUT2D eigenvalue weighted by molar-refractivity contribution is 6.43. The van der Waals surface area contributed by atoms with E-state index in [1.165, 1.54) is 0 Å². The van der Waals surface area contributed by atoms with Crippen LogP contribution in [0.1, 0.15) is 10.6 Å². The van der Waals surface area contributed by atoms with E-state index in [4.69, 9.17) is 27.6 Å². The minimum atomic E-state index is -0.151. The highest BCUT2D eigenvalue weighted by Gasteiger charge is 2.13. The topological polar surface area (TPSA) is 42.2 Å². The van der Waals surface area contributed by atoms with Gasteiger partial charge in [0, 0.05) is 5.39 Å². The van der Waals surface area contributed by atoms with E-state index in [0.717, 1.165) is 5.39 Å². The van der Waals surface area contributed by atoms with E-state index in [1.807, 2.05) is 24.3 Å². The standard InChI is InChI=1S/C16H11Cl2NO2/c17-11-5-3-6-12(16(11)18)19-9-13(20)15-8-10-4-1-2-7-14(10)21-15/h1-8,19H,9H2. The molecular formula is C16H11Cl2NO2. The average molecular weight is 320 g/mol. The van der Waals surface area contributed by atoms with Crippen molar-refractivity contribution in [2.45, 2.75) is 0 Å². The van der Waals surface area contributed by atoms with Crippen molar-refractivity contribution in [3.05, 3.63) is 64.3 Å². The number of ketones is 1. The monoisotopic (exact) mass is 319 g/mol. The van der Waals surface area contributed by atoms with Gasteiger partial charge in [-0.15, -0.1) is 0 Å². The van der Waals surface area contributed by atoms with Crippen LogP contribution in [0, 0.1) is 0 Å². The average Bonchev–Trinajstić information content (AvgIpc) is 2.92. The summed E-state index contributed by atoms with van der Waals surface area (Å²) in [5, 5.41) is 4.72. The van der Waals surface area contributed by atoms with E-state index in [9.17, 15) is 4.79 Å². The molecule has 3 nitrogen and oxygen atoms in total. The van der Waals surface area contributed by atoms with Gasteiger partial charge in [0.05, 0.1) is 22.3 Å². The van der Waals surface area contributed by atoms with Crippen LogP contribution in [0.3, 0.4) is 0 Å². The number of furan rings is 1. The molecule has 1 N–H and O–H groups in total. The van der Waals surface area contributed by atoms with Crippen molar-refractivity contribution in [2.75, 3.05) is 11.9 Å². The van der Waals surface area contributed by atoms with Gasteiger partial charge in [-0.1, -0.05) is 47.5 Å². The zero-order valence-corrected chi connectivity index (χ0v) is 12.4. The van der Waals surface area contributed by atoms with Crippen molar-refractivity contribution in [3.8, 4) is 0 Å². The van der Waals surface area contributed by atoms with Crippen LogP contribution in [-0.4, -0.2) is 12.3 Å². The number of halogens is 2. The Morgan fingerprint density at radius 3 is 2.71 bits per heavy atom. The lowest BCUT2D eigenvalue weighted by Gasteiger charge is -2.07. The predicted molar refractivity (Wildman–Crippen MR) is 85.5 cm³/mol. The van der Waals surface area contributed by atoms with Crippen LogP contribution in [0.4, 0.5) is 5.69 Å². The Balaban J connectivity index is 1.76. The van der Waals surface area contributed by atoms with Crippen LogP contribution in [0.2, 0.25) is 10.0 Å². The lowest BCUT2D eigenvalue weighted by molar-refractivity contribution is 0.0982. The Morgan fingerprint density at radius 1 is 1.10 bits per heavy atom. The second-order valence-electron chi connectivity index (χ2n) is 4.53. The fourth-order valence-electron chi connectivity index (χ4n) is 2.02. The molecule has 2 aromatic carbocycles. The molecule has 0 amide bonds. The third-order valence-corrected chi connectivity index (χ3v) is 3.91. The van der Waals surface area contributed by atoms with Crippen LogP contribution in [0.15, 0.2) is 52.9 Å². The number of hydrogen-bond acceptors (Lipinski definition) is 3. The fourth-order valence-corrected chi connectivity index (χ4v) is 2.39. The summed E-state index contributed by atoms with van der Waals surface area (Å²) in [4.78, 5) is 12.2. The van der Waals surface area contributed by atoms with Crippen LogP contribution in [0.25, 0.3) is 11.0 Å². The van der Waals surface area contributed by atoms with Gasteiger partial charge in [0.25, 0.3) is 0 Å². The molecule has 0 aliphatic heterocycles. The van der Waals surface area contributed by atoms with Gasteiger partial charge in [0.2, 0.25) is 5.78 Å². The van der Waals surface area contributed by atoms with Crippen molar-refractivity contribution < 1.29 is 9.21 Å². The molecule has 0 unspecified atom stereocenters. The van der Waals surface area contributed by atoms with Gasteiger partial charge < -0.3 is 9.73 Å². The Bertz CT molecular complexity index is 778. The molecule has 1 aromatic heterocycles. The molecule has 0 saturated carbocycles. The third-order valence-electron chi connectivity index (χ3n) is 3.09. The third kappa shape index (κ3) is 2.89. The number of carbonyl (C=O) groups is 1. The molecule has 0 fully saturated rings. The number of benzene rings is 2. The maximum Gasteiger partial charge on any atom is 0.216 e. The first-order valence-electron chi connectivity index (χ1n) is 6.35. The van der Waals surface area contributed by atoms with Crippen LogP contribution in [-0.2, 0) is 0 Å². The molecule has 21 heavy (non-hydrogen) atoms. The Morgan fingerprint density at radius 2 is 1.90 bits per heavy atom. The lowest BCUT2D eigenvalue weighted by Crippen LogP contribution is -2.13. The quantitative estimate of drug-likeness (QED) is 0.685. The van der Waals surface area contributed by atoms with Gasteiger partial charge in [-0.25, -0.2) is 0 Å². The first kappa shape index (κ1) is 14.0. The SMILES string of the molecule is O=C(CNc1cccc(Cl)c1Cl)c1cc2ccccc2o1. The second kappa shape index (κ2) is 5.80. The normalized spacial score (nSPS) is 10.8. The fraction of sp³-hybridized carbons (Fsp3) is 0.0625.